The topological polar surface area (TPSA) is 65.1 Å². The van der Waals surface area contributed by atoms with Gasteiger partial charge in [-0.3, -0.25) is 18.8 Å². The van der Waals surface area contributed by atoms with Gasteiger partial charge in [-0.25, -0.2) is 9.78 Å². The number of likely N-dealkylation sites (tertiary alicyclic amines) is 1. The third-order valence-corrected chi connectivity index (χ3v) is 6.55. The highest BCUT2D eigenvalue weighted by Gasteiger charge is 2.24. The molecule has 0 bridgehead atoms. The largest absolute Gasteiger partial charge is 0.332 e. The summed E-state index contributed by atoms with van der Waals surface area (Å²) in [6.07, 6.45) is 3.62. The van der Waals surface area contributed by atoms with Crippen molar-refractivity contribution in [3.8, 4) is 0 Å². The molecule has 1 aliphatic rings. The number of imidazole rings is 1. The molecule has 7 heteroatoms. The van der Waals surface area contributed by atoms with Gasteiger partial charge in [-0.05, 0) is 51.3 Å². The number of aromatic nitrogens is 4. The minimum atomic E-state index is -0.346. The van der Waals surface area contributed by atoms with Gasteiger partial charge in [0, 0.05) is 26.7 Å². The molecular formula is C23H31N5O2. The second kappa shape index (κ2) is 7.87. The Kier molecular flexibility index (Phi) is 5.40. The van der Waals surface area contributed by atoms with Gasteiger partial charge in [-0.15, -0.1) is 0 Å². The Morgan fingerprint density at radius 2 is 1.83 bits per heavy atom. The highest BCUT2D eigenvalue weighted by atomic mass is 16.2. The van der Waals surface area contributed by atoms with E-state index in [-0.39, 0.29) is 11.2 Å². The van der Waals surface area contributed by atoms with Gasteiger partial charge in [0.15, 0.2) is 11.2 Å². The Bertz CT molecular complexity index is 1220. The Morgan fingerprint density at radius 1 is 1.07 bits per heavy atom. The fraction of sp³-hybridized carbons (Fsp3) is 0.522. The van der Waals surface area contributed by atoms with Crippen LogP contribution < -0.4 is 11.2 Å². The van der Waals surface area contributed by atoms with Crippen LogP contribution in [-0.2, 0) is 27.2 Å². The lowest BCUT2D eigenvalue weighted by molar-refractivity contribution is 0.147. The summed E-state index contributed by atoms with van der Waals surface area (Å²) in [7, 11) is 3.22. The van der Waals surface area contributed by atoms with Crippen LogP contribution in [0.25, 0.3) is 11.2 Å². The second-order valence-corrected chi connectivity index (χ2v) is 8.74. The van der Waals surface area contributed by atoms with Crippen LogP contribution in [0, 0.1) is 13.8 Å². The number of nitrogens with zero attached hydrogens (tertiary/aromatic N) is 5. The van der Waals surface area contributed by atoms with Crippen molar-refractivity contribution in [1.29, 1.82) is 0 Å². The van der Waals surface area contributed by atoms with Gasteiger partial charge < -0.3 is 4.57 Å². The van der Waals surface area contributed by atoms with Crippen LogP contribution in [0.5, 0.6) is 0 Å². The van der Waals surface area contributed by atoms with Crippen molar-refractivity contribution < 1.29 is 0 Å². The third kappa shape index (κ3) is 3.51. The summed E-state index contributed by atoms with van der Waals surface area (Å²) >= 11 is 0. The van der Waals surface area contributed by atoms with E-state index >= 15 is 0 Å². The lowest BCUT2D eigenvalue weighted by atomic mass is 10.0. The molecule has 1 atom stereocenters. The fourth-order valence-electron chi connectivity index (χ4n) is 4.50. The van der Waals surface area contributed by atoms with Gasteiger partial charge in [0.2, 0.25) is 0 Å². The SMILES string of the molecule is Cc1ccc(C)c(Cn2c(CN3CCCC[C@H]3C)nc3c2c(=O)n(C)c(=O)n3C)c1. The van der Waals surface area contributed by atoms with Crippen molar-refractivity contribution in [3.63, 3.8) is 0 Å². The summed E-state index contributed by atoms with van der Waals surface area (Å²) in [6, 6.07) is 6.87. The van der Waals surface area contributed by atoms with Gasteiger partial charge in [-0.1, -0.05) is 30.2 Å². The van der Waals surface area contributed by atoms with Gasteiger partial charge >= 0.3 is 5.69 Å². The van der Waals surface area contributed by atoms with E-state index in [4.69, 9.17) is 4.98 Å². The first-order chi connectivity index (χ1) is 14.3. The smallest absolute Gasteiger partial charge is 0.317 e. The molecule has 0 spiro atoms. The van der Waals surface area contributed by atoms with Crippen LogP contribution in [0.15, 0.2) is 27.8 Å². The Hall–Kier alpha value is -2.67. The molecule has 4 rings (SSSR count). The molecule has 1 fully saturated rings. The van der Waals surface area contributed by atoms with Gasteiger partial charge in [0.25, 0.3) is 5.56 Å². The van der Waals surface area contributed by atoms with Crippen molar-refractivity contribution in [2.24, 2.45) is 14.1 Å². The maximum absolute atomic E-state index is 13.1. The molecule has 0 saturated carbocycles. The zero-order valence-electron chi connectivity index (χ0n) is 18.6. The zero-order valence-corrected chi connectivity index (χ0v) is 18.6. The highest BCUT2D eigenvalue weighted by Crippen LogP contribution is 2.22. The van der Waals surface area contributed by atoms with E-state index in [1.54, 1.807) is 7.05 Å². The van der Waals surface area contributed by atoms with Gasteiger partial charge in [0.05, 0.1) is 6.54 Å². The molecule has 7 nitrogen and oxygen atoms in total. The van der Waals surface area contributed by atoms with E-state index in [1.807, 2.05) is 4.57 Å². The molecule has 0 aliphatic carbocycles. The molecule has 0 amide bonds. The molecule has 1 aromatic carbocycles. The van der Waals surface area contributed by atoms with Crippen molar-refractivity contribution in [2.45, 2.75) is 59.2 Å². The van der Waals surface area contributed by atoms with Crippen LogP contribution in [0.3, 0.4) is 0 Å². The van der Waals surface area contributed by atoms with E-state index < -0.39 is 0 Å². The fourth-order valence-corrected chi connectivity index (χ4v) is 4.50. The molecule has 2 aromatic heterocycles. The summed E-state index contributed by atoms with van der Waals surface area (Å²) in [4.78, 5) is 32.9. The Labute approximate surface area is 176 Å². The highest BCUT2D eigenvalue weighted by molar-refractivity contribution is 5.71. The average molecular weight is 410 g/mol. The average Bonchev–Trinajstić information content (AvgIpc) is 3.07. The zero-order chi connectivity index (χ0) is 21.6. The molecule has 30 heavy (non-hydrogen) atoms. The van der Waals surface area contributed by atoms with Crippen molar-refractivity contribution in [2.75, 3.05) is 6.54 Å². The van der Waals surface area contributed by atoms with E-state index in [2.05, 4.69) is 43.9 Å². The molecular weight excluding hydrogens is 378 g/mol. The number of hydrogen-bond donors (Lipinski definition) is 0. The molecule has 160 valence electrons. The van der Waals surface area contributed by atoms with Crippen LogP contribution in [0.2, 0.25) is 0 Å². The first-order valence-corrected chi connectivity index (χ1v) is 10.7. The molecule has 0 radical (unpaired) electrons. The minimum absolute atomic E-state index is 0.288. The molecule has 0 unspecified atom stereocenters. The van der Waals surface area contributed by atoms with Crippen LogP contribution in [0.1, 0.15) is 48.7 Å². The van der Waals surface area contributed by atoms with Crippen molar-refractivity contribution in [3.05, 3.63) is 61.6 Å². The summed E-state index contributed by atoms with van der Waals surface area (Å²) in [5.74, 6) is 0.845. The molecule has 3 heterocycles. The number of hydrogen-bond acceptors (Lipinski definition) is 4. The quantitative estimate of drug-likeness (QED) is 0.664. The van der Waals surface area contributed by atoms with Crippen LogP contribution >= 0.6 is 0 Å². The Balaban J connectivity index is 1.91. The molecule has 0 N–H and O–H groups in total. The Morgan fingerprint density at radius 3 is 2.57 bits per heavy atom. The van der Waals surface area contributed by atoms with E-state index in [9.17, 15) is 9.59 Å². The number of piperidine rings is 1. The van der Waals surface area contributed by atoms with E-state index in [0.717, 1.165) is 17.9 Å². The van der Waals surface area contributed by atoms with E-state index in [1.165, 1.54) is 46.6 Å². The normalized spacial score (nSPS) is 17.7. The lowest BCUT2D eigenvalue weighted by Crippen LogP contribution is -2.38. The number of fused-ring (bicyclic) bond motifs is 1. The minimum Gasteiger partial charge on any atom is -0.317 e. The molecule has 1 aliphatic heterocycles. The lowest BCUT2D eigenvalue weighted by Gasteiger charge is -2.33. The first kappa shape index (κ1) is 20.6. The van der Waals surface area contributed by atoms with Crippen molar-refractivity contribution in [1.82, 2.24) is 23.6 Å². The summed E-state index contributed by atoms with van der Waals surface area (Å²) in [5, 5.41) is 0. The molecule has 1 saturated heterocycles. The first-order valence-electron chi connectivity index (χ1n) is 10.7. The summed E-state index contributed by atoms with van der Waals surface area (Å²) < 4.78 is 4.69. The maximum Gasteiger partial charge on any atom is 0.332 e. The second-order valence-electron chi connectivity index (χ2n) is 8.74. The monoisotopic (exact) mass is 409 g/mol. The third-order valence-electron chi connectivity index (χ3n) is 6.55. The maximum atomic E-state index is 13.1. The summed E-state index contributed by atoms with van der Waals surface area (Å²) in [6.45, 7) is 8.70. The predicted molar refractivity (Wildman–Crippen MR) is 119 cm³/mol. The summed E-state index contributed by atoms with van der Waals surface area (Å²) in [5.41, 5.74) is 3.87. The predicted octanol–water partition coefficient (Wildman–Crippen LogP) is 2.47. The van der Waals surface area contributed by atoms with Gasteiger partial charge in [-0.2, -0.15) is 0 Å². The van der Waals surface area contributed by atoms with Crippen molar-refractivity contribution >= 4 is 11.2 Å². The van der Waals surface area contributed by atoms with E-state index in [0.29, 0.717) is 30.3 Å². The van der Waals surface area contributed by atoms with Gasteiger partial charge in [0.1, 0.15) is 5.82 Å². The van der Waals surface area contributed by atoms with Crippen LogP contribution in [0.4, 0.5) is 0 Å². The number of aryl methyl sites for hydroxylation is 3. The molecule has 3 aromatic rings. The van der Waals surface area contributed by atoms with Crippen LogP contribution in [-0.4, -0.2) is 36.2 Å². The number of benzene rings is 1. The number of rotatable bonds is 4. The standard InChI is InChI=1S/C23H31N5O2/c1-15-9-10-16(2)18(12-15)13-28-19(14-27-11-7-6-8-17(27)3)24-21-20(28)22(29)26(5)23(30)25(21)4/h9-10,12,17H,6-8,11,13-14H2,1-5H3/t17-/m1/s1.